The predicted octanol–water partition coefficient (Wildman–Crippen LogP) is 3.51. The first kappa shape index (κ1) is 13.8. The molecule has 0 bridgehead atoms. The van der Waals surface area contributed by atoms with Crippen molar-refractivity contribution >= 4 is 5.97 Å². The van der Waals surface area contributed by atoms with Crippen LogP contribution >= 0.6 is 0 Å². The van der Waals surface area contributed by atoms with Gasteiger partial charge < -0.3 is 4.74 Å². The molecule has 1 aromatic carbocycles. The van der Waals surface area contributed by atoms with Crippen molar-refractivity contribution < 1.29 is 27.1 Å². The molecule has 1 aromatic rings. The molecule has 104 valence electrons. The van der Waals surface area contributed by atoms with E-state index in [0.29, 0.717) is 18.9 Å². The molecule has 1 atom stereocenters. The lowest BCUT2D eigenvalue weighted by Gasteiger charge is -2.19. The summed E-state index contributed by atoms with van der Waals surface area (Å²) >= 11 is 0. The molecule has 0 saturated heterocycles. The number of carbonyl (C=O) groups is 1. The van der Waals surface area contributed by atoms with Crippen molar-refractivity contribution in [2.75, 3.05) is 7.11 Å². The Hall–Kier alpha value is -1.59. The summed E-state index contributed by atoms with van der Waals surface area (Å²) in [7, 11) is 1.12. The van der Waals surface area contributed by atoms with Gasteiger partial charge in [-0.3, -0.25) is 4.79 Å². The highest BCUT2D eigenvalue weighted by atomic mass is 19.4. The lowest BCUT2D eigenvalue weighted by atomic mass is 9.90. The van der Waals surface area contributed by atoms with E-state index in [0.717, 1.165) is 19.2 Å². The van der Waals surface area contributed by atoms with Gasteiger partial charge in [0, 0.05) is 0 Å². The number of hydrogen-bond donors (Lipinski definition) is 0. The highest BCUT2D eigenvalue weighted by Gasteiger charge is 2.43. The fourth-order valence-electron chi connectivity index (χ4n) is 2.18. The number of rotatable bonds is 3. The summed E-state index contributed by atoms with van der Waals surface area (Å²) in [6, 6.07) is 2.19. The van der Waals surface area contributed by atoms with Gasteiger partial charge in [-0.25, -0.2) is 4.39 Å². The lowest BCUT2D eigenvalue weighted by molar-refractivity contribution is -0.144. The van der Waals surface area contributed by atoms with E-state index >= 15 is 0 Å². The quantitative estimate of drug-likeness (QED) is 0.623. The summed E-state index contributed by atoms with van der Waals surface area (Å²) < 4.78 is 56.5. The van der Waals surface area contributed by atoms with Gasteiger partial charge in [0.05, 0.1) is 18.6 Å². The average Bonchev–Trinajstić information content (AvgIpc) is 3.12. The van der Waals surface area contributed by atoms with Crippen LogP contribution < -0.4 is 0 Å². The maximum atomic E-state index is 13.2. The summed E-state index contributed by atoms with van der Waals surface area (Å²) in [6.45, 7) is 0. The van der Waals surface area contributed by atoms with Crippen LogP contribution in [0.1, 0.15) is 29.9 Å². The van der Waals surface area contributed by atoms with E-state index in [1.807, 2.05) is 0 Å². The van der Waals surface area contributed by atoms with Crippen molar-refractivity contribution in [3.8, 4) is 0 Å². The minimum atomic E-state index is -4.62. The van der Waals surface area contributed by atoms with Crippen LogP contribution in [-0.2, 0) is 15.7 Å². The third-order valence-corrected chi connectivity index (χ3v) is 3.20. The minimum Gasteiger partial charge on any atom is -0.469 e. The number of carbonyl (C=O) groups excluding carboxylic acids is 1. The standard InChI is InChI=1S/C13H12F4O2/c1-19-12(18)11(7-2-3-7)9-6-8(14)4-5-10(9)13(15,16)17/h4-7,11H,2-3H2,1H3. The van der Waals surface area contributed by atoms with Gasteiger partial charge in [-0.1, -0.05) is 0 Å². The van der Waals surface area contributed by atoms with Crippen molar-refractivity contribution in [3.63, 3.8) is 0 Å². The zero-order chi connectivity index (χ0) is 14.2. The van der Waals surface area contributed by atoms with E-state index in [1.54, 1.807) is 0 Å². The van der Waals surface area contributed by atoms with Crippen molar-refractivity contribution in [1.29, 1.82) is 0 Å². The van der Waals surface area contributed by atoms with Crippen molar-refractivity contribution in [3.05, 3.63) is 35.1 Å². The van der Waals surface area contributed by atoms with Gasteiger partial charge in [0.25, 0.3) is 0 Å². The van der Waals surface area contributed by atoms with Crippen LogP contribution in [0.15, 0.2) is 18.2 Å². The molecule has 0 N–H and O–H groups in total. The normalized spacial score (nSPS) is 17.1. The number of halogens is 4. The molecule has 0 aliphatic heterocycles. The SMILES string of the molecule is COC(=O)C(c1cc(F)ccc1C(F)(F)F)C1CC1. The van der Waals surface area contributed by atoms with Crippen LogP contribution in [-0.4, -0.2) is 13.1 Å². The van der Waals surface area contributed by atoms with Crippen LogP contribution in [0.4, 0.5) is 17.6 Å². The molecule has 1 fully saturated rings. The molecule has 1 aliphatic rings. The molecule has 0 radical (unpaired) electrons. The zero-order valence-corrected chi connectivity index (χ0v) is 10.1. The third-order valence-electron chi connectivity index (χ3n) is 3.20. The monoisotopic (exact) mass is 276 g/mol. The van der Waals surface area contributed by atoms with Gasteiger partial charge in [-0.15, -0.1) is 0 Å². The topological polar surface area (TPSA) is 26.3 Å². The molecular formula is C13H12F4O2. The van der Waals surface area contributed by atoms with Gasteiger partial charge >= 0.3 is 12.1 Å². The first-order chi connectivity index (χ1) is 8.84. The Balaban J connectivity index is 2.51. The number of methoxy groups -OCH3 is 1. The molecule has 19 heavy (non-hydrogen) atoms. The fourth-order valence-corrected chi connectivity index (χ4v) is 2.18. The average molecular weight is 276 g/mol. The molecule has 0 spiro atoms. The van der Waals surface area contributed by atoms with E-state index in [4.69, 9.17) is 0 Å². The predicted molar refractivity (Wildman–Crippen MR) is 58.9 cm³/mol. The first-order valence-corrected chi connectivity index (χ1v) is 5.79. The van der Waals surface area contributed by atoms with Crippen LogP contribution in [0, 0.1) is 11.7 Å². The number of alkyl halides is 3. The Morgan fingerprint density at radius 1 is 1.37 bits per heavy atom. The largest absolute Gasteiger partial charge is 0.469 e. The second-order valence-corrected chi connectivity index (χ2v) is 4.57. The second-order valence-electron chi connectivity index (χ2n) is 4.57. The molecule has 6 heteroatoms. The summed E-state index contributed by atoms with van der Waals surface area (Å²) in [5.74, 6) is -2.79. The van der Waals surface area contributed by atoms with Gasteiger partial charge in [-0.05, 0) is 42.5 Å². The molecule has 1 unspecified atom stereocenters. The Kier molecular flexibility index (Phi) is 3.52. The lowest BCUT2D eigenvalue weighted by Crippen LogP contribution is -2.21. The Labute approximate surface area is 107 Å². The molecule has 0 heterocycles. The summed E-state index contributed by atoms with van der Waals surface area (Å²) in [4.78, 5) is 11.7. The number of hydrogen-bond acceptors (Lipinski definition) is 2. The molecule has 2 nitrogen and oxygen atoms in total. The van der Waals surface area contributed by atoms with Gasteiger partial charge in [0.15, 0.2) is 0 Å². The maximum absolute atomic E-state index is 13.2. The van der Waals surface area contributed by atoms with E-state index in [9.17, 15) is 22.4 Å². The van der Waals surface area contributed by atoms with E-state index in [2.05, 4.69) is 4.74 Å². The first-order valence-electron chi connectivity index (χ1n) is 5.79. The van der Waals surface area contributed by atoms with Crippen LogP contribution in [0.25, 0.3) is 0 Å². The second kappa shape index (κ2) is 4.83. The minimum absolute atomic E-state index is 0.199. The molecule has 0 aromatic heterocycles. The number of esters is 1. The van der Waals surface area contributed by atoms with Crippen molar-refractivity contribution in [1.82, 2.24) is 0 Å². The summed E-state index contributed by atoms with van der Waals surface area (Å²) in [5, 5.41) is 0. The molecule has 1 aliphatic carbocycles. The number of benzene rings is 1. The highest BCUT2D eigenvalue weighted by molar-refractivity contribution is 5.79. The Bertz CT molecular complexity index is 492. The van der Waals surface area contributed by atoms with E-state index in [1.165, 1.54) is 0 Å². The molecular weight excluding hydrogens is 264 g/mol. The molecule has 2 rings (SSSR count). The highest BCUT2D eigenvalue weighted by Crippen LogP contribution is 2.46. The zero-order valence-electron chi connectivity index (χ0n) is 10.1. The van der Waals surface area contributed by atoms with Crippen molar-refractivity contribution in [2.24, 2.45) is 5.92 Å². The van der Waals surface area contributed by atoms with Crippen LogP contribution in [0.2, 0.25) is 0 Å². The van der Waals surface area contributed by atoms with Crippen molar-refractivity contribution in [2.45, 2.75) is 24.9 Å². The number of ether oxygens (including phenoxy) is 1. The van der Waals surface area contributed by atoms with E-state index in [-0.39, 0.29) is 11.5 Å². The summed E-state index contributed by atoms with van der Waals surface area (Å²) in [6.07, 6.45) is -3.33. The third kappa shape index (κ3) is 2.88. The molecule has 1 saturated carbocycles. The Morgan fingerprint density at radius 2 is 2.00 bits per heavy atom. The van der Waals surface area contributed by atoms with Gasteiger partial charge in [0.2, 0.25) is 0 Å². The van der Waals surface area contributed by atoms with E-state index < -0.39 is 29.4 Å². The fraction of sp³-hybridized carbons (Fsp3) is 0.462. The van der Waals surface area contributed by atoms with Crippen LogP contribution in [0.5, 0.6) is 0 Å². The van der Waals surface area contributed by atoms with Crippen LogP contribution in [0.3, 0.4) is 0 Å². The molecule has 0 amide bonds. The van der Waals surface area contributed by atoms with Gasteiger partial charge in [-0.2, -0.15) is 13.2 Å². The summed E-state index contributed by atoms with van der Waals surface area (Å²) in [5.41, 5.74) is -1.31. The smallest absolute Gasteiger partial charge is 0.416 e. The Morgan fingerprint density at radius 3 is 2.47 bits per heavy atom. The maximum Gasteiger partial charge on any atom is 0.416 e. The van der Waals surface area contributed by atoms with Gasteiger partial charge in [0.1, 0.15) is 5.82 Å².